The van der Waals surface area contributed by atoms with Gasteiger partial charge in [-0.3, -0.25) is 0 Å². The molecule has 96 valence electrons. The lowest BCUT2D eigenvalue weighted by Gasteiger charge is -2.44. The Bertz CT molecular complexity index is 202. The van der Waals surface area contributed by atoms with Crippen molar-refractivity contribution in [1.82, 2.24) is 5.32 Å². The second-order valence-electron chi connectivity index (χ2n) is 6.28. The van der Waals surface area contributed by atoms with E-state index in [2.05, 4.69) is 26.1 Å². The van der Waals surface area contributed by atoms with E-state index < -0.39 is 0 Å². The van der Waals surface area contributed by atoms with E-state index in [4.69, 9.17) is 10.8 Å². The molecular weight excluding hydrogens is 200 g/mol. The predicted octanol–water partition coefficient (Wildman–Crippen LogP) is 1.50. The van der Waals surface area contributed by atoms with Crippen molar-refractivity contribution in [2.75, 3.05) is 19.7 Å². The molecule has 0 atom stereocenters. The molecule has 1 saturated carbocycles. The van der Waals surface area contributed by atoms with Crippen molar-refractivity contribution in [2.24, 2.45) is 17.1 Å². The van der Waals surface area contributed by atoms with E-state index in [1.54, 1.807) is 0 Å². The molecule has 0 saturated heterocycles. The van der Waals surface area contributed by atoms with Crippen molar-refractivity contribution in [3.63, 3.8) is 0 Å². The van der Waals surface area contributed by atoms with Gasteiger partial charge in [0.15, 0.2) is 0 Å². The highest BCUT2D eigenvalue weighted by molar-refractivity contribution is 4.95. The van der Waals surface area contributed by atoms with Gasteiger partial charge in [-0.1, -0.05) is 20.8 Å². The minimum atomic E-state index is 0.0878. The largest absolute Gasteiger partial charge is 0.395 e. The van der Waals surface area contributed by atoms with E-state index in [0.717, 1.165) is 18.8 Å². The monoisotopic (exact) mass is 228 g/mol. The van der Waals surface area contributed by atoms with Crippen LogP contribution in [0.3, 0.4) is 0 Å². The van der Waals surface area contributed by atoms with Crippen LogP contribution >= 0.6 is 0 Å². The minimum absolute atomic E-state index is 0.0878. The van der Waals surface area contributed by atoms with Crippen LogP contribution in [0.25, 0.3) is 0 Å². The molecule has 0 amide bonds. The van der Waals surface area contributed by atoms with Gasteiger partial charge in [-0.25, -0.2) is 0 Å². The van der Waals surface area contributed by atoms with E-state index in [0.29, 0.717) is 18.5 Å². The molecule has 0 bridgehead atoms. The second kappa shape index (κ2) is 5.48. The third-order valence-electron chi connectivity index (χ3n) is 4.17. The number of hydrogen-bond acceptors (Lipinski definition) is 3. The van der Waals surface area contributed by atoms with E-state index >= 15 is 0 Å². The summed E-state index contributed by atoms with van der Waals surface area (Å²) in [7, 11) is 0. The zero-order chi connectivity index (χ0) is 12.2. The first-order valence-corrected chi connectivity index (χ1v) is 6.49. The number of nitrogens with one attached hydrogen (secondary N) is 1. The maximum Gasteiger partial charge on any atom is 0.0556 e. The maximum absolute atomic E-state index is 8.88. The number of nitrogens with two attached hydrogens (primary N) is 1. The maximum atomic E-state index is 8.88. The zero-order valence-corrected chi connectivity index (χ0v) is 11.1. The molecule has 0 aliphatic heterocycles. The molecule has 1 aliphatic carbocycles. The molecule has 1 fully saturated rings. The van der Waals surface area contributed by atoms with Crippen molar-refractivity contribution in [2.45, 2.75) is 52.0 Å². The Hall–Kier alpha value is -0.120. The van der Waals surface area contributed by atoms with Crippen molar-refractivity contribution < 1.29 is 5.11 Å². The van der Waals surface area contributed by atoms with Crippen molar-refractivity contribution in [3.8, 4) is 0 Å². The molecule has 0 unspecified atom stereocenters. The van der Waals surface area contributed by atoms with Gasteiger partial charge in [-0.05, 0) is 37.0 Å². The van der Waals surface area contributed by atoms with Gasteiger partial charge in [0.25, 0.3) is 0 Å². The average Bonchev–Trinajstić information content (AvgIpc) is 2.26. The van der Waals surface area contributed by atoms with E-state index in [-0.39, 0.29) is 12.1 Å². The fourth-order valence-electron chi connectivity index (χ4n) is 2.81. The van der Waals surface area contributed by atoms with Crippen LogP contribution in [0.5, 0.6) is 0 Å². The second-order valence-corrected chi connectivity index (χ2v) is 6.28. The summed E-state index contributed by atoms with van der Waals surface area (Å²) in [6.45, 7) is 8.53. The van der Waals surface area contributed by atoms with E-state index in [9.17, 15) is 0 Å². The summed E-state index contributed by atoms with van der Waals surface area (Å²) in [6, 6.07) is 0. The first kappa shape index (κ1) is 13.9. The van der Waals surface area contributed by atoms with Gasteiger partial charge < -0.3 is 16.2 Å². The highest BCUT2D eigenvalue weighted by Crippen LogP contribution is 2.40. The summed E-state index contributed by atoms with van der Waals surface area (Å²) in [4.78, 5) is 0. The Balaban J connectivity index is 2.50. The molecule has 0 heterocycles. The lowest BCUT2D eigenvalue weighted by Crippen LogP contribution is -2.54. The molecule has 3 heteroatoms. The van der Waals surface area contributed by atoms with Crippen LogP contribution in [0.2, 0.25) is 0 Å². The smallest absolute Gasteiger partial charge is 0.0556 e. The highest BCUT2D eigenvalue weighted by Gasteiger charge is 2.37. The molecule has 1 aliphatic rings. The lowest BCUT2D eigenvalue weighted by molar-refractivity contribution is 0.113. The molecule has 0 aromatic heterocycles. The Morgan fingerprint density at radius 2 is 1.88 bits per heavy atom. The molecule has 0 spiro atoms. The van der Waals surface area contributed by atoms with Crippen molar-refractivity contribution in [1.29, 1.82) is 0 Å². The van der Waals surface area contributed by atoms with E-state index in [1.165, 1.54) is 12.8 Å². The first-order valence-electron chi connectivity index (χ1n) is 6.49. The molecule has 3 nitrogen and oxygen atoms in total. The molecule has 0 aromatic carbocycles. The molecule has 0 aromatic rings. The number of aliphatic hydroxyl groups is 1. The summed E-state index contributed by atoms with van der Waals surface area (Å²) < 4.78 is 0. The zero-order valence-electron chi connectivity index (χ0n) is 11.1. The number of aliphatic hydroxyl groups excluding tert-OH is 1. The van der Waals surface area contributed by atoms with Crippen molar-refractivity contribution in [3.05, 3.63) is 0 Å². The Morgan fingerprint density at radius 1 is 1.31 bits per heavy atom. The predicted molar refractivity (Wildman–Crippen MR) is 68.3 cm³/mol. The summed E-state index contributed by atoms with van der Waals surface area (Å²) in [5, 5.41) is 12.3. The Labute approximate surface area is 99.8 Å². The van der Waals surface area contributed by atoms with Gasteiger partial charge in [0, 0.05) is 18.6 Å². The quantitative estimate of drug-likeness (QED) is 0.683. The fraction of sp³-hybridized carbons (Fsp3) is 1.00. The standard InChI is InChI=1S/C13H28N2O/c1-12(2,3)11-4-6-13(10-14,7-5-11)15-8-9-16/h11,15-16H,4-10,14H2,1-3H3. The minimum Gasteiger partial charge on any atom is -0.395 e. The summed E-state index contributed by atoms with van der Waals surface area (Å²) in [5.74, 6) is 0.808. The topological polar surface area (TPSA) is 58.3 Å². The third-order valence-corrected chi connectivity index (χ3v) is 4.17. The van der Waals surface area contributed by atoms with Crippen LogP contribution in [0.15, 0.2) is 0 Å². The number of β-amino-alcohol motifs (C(OH)–C–C–N with tert-alkyl or cyclic N) is 1. The summed E-state index contributed by atoms with van der Waals surface area (Å²) in [6.07, 6.45) is 4.79. The first-order chi connectivity index (χ1) is 7.43. The molecule has 4 N–H and O–H groups in total. The highest BCUT2D eigenvalue weighted by atomic mass is 16.3. The lowest BCUT2D eigenvalue weighted by atomic mass is 9.67. The Morgan fingerprint density at radius 3 is 2.25 bits per heavy atom. The van der Waals surface area contributed by atoms with Gasteiger partial charge in [0.05, 0.1) is 6.61 Å². The number of hydrogen-bond donors (Lipinski definition) is 3. The number of rotatable bonds is 4. The Kier molecular flexibility index (Phi) is 4.77. The molecule has 16 heavy (non-hydrogen) atoms. The van der Waals surface area contributed by atoms with Gasteiger partial charge in [0.1, 0.15) is 0 Å². The summed E-state index contributed by atoms with van der Waals surface area (Å²) >= 11 is 0. The fourth-order valence-corrected chi connectivity index (χ4v) is 2.81. The van der Waals surface area contributed by atoms with Gasteiger partial charge >= 0.3 is 0 Å². The van der Waals surface area contributed by atoms with Crippen molar-refractivity contribution >= 4 is 0 Å². The average molecular weight is 228 g/mol. The van der Waals surface area contributed by atoms with Gasteiger partial charge in [-0.15, -0.1) is 0 Å². The third kappa shape index (κ3) is 3.44. The van der Waals surface area contributed by atoms with Crippen LogP contribution in [0, 0.1) is 11.3 Å². The molecule has 1 rings (SSSR count). The van der Waals surface area contributed by atoms with Crippen LogP contribution in [0.4, 0.5) is 0 Å². The SMILES string of the molecule is CC(C)(C)C1CCC(CN)(NCCO)CC1. The van der Waals surface area contributed by atoms with Gasteiger partial charge in [-0.2, -0.15) is 0 Å². The normalized spacial score (nSPS) is 31.7. The molecule has 0 radical (unpaired) electrons. The van der Waals surface area contributed by atoms with Crippen LogP contribution < -0.4 is 11.1 Å². The molecular formula is C13H28N2O. The van der Waals surface area contributed by atoms with Crippen LogP contribution in [0.1, 0.15) is 46.5 Å². The van der Waals surface area contributed by atoms with Crippen LogP contribution in [-0.4, -0.2) is 30.3 Å². The summed E-state index contributed by atoms with van der Waals surface area (Å²) in [5.41, 5.74) is 6.39. The van der Waals surface area contributed by atoms with Gasteiger partial charge in [0.2, 0.25) is 0 Å². The van der Waals surface area contributed by atoms with Crippen LogP contribution in [-0.2, 0) is 0 Å². The van der Waals surface area contributed by atoms with E-state index in [1.807, 2.05) is 0 Å².